The Kier molecular flexibility index (Phi) is 8.19. The molecule has 1 aromatic carbocycles. The van der Waals surface area contributed by atoms with E-state index in [0.717, 1.165) is 17.7 Å². The van der Waals surface area contributed by atoms with Crippen LogP contribution < -0.4 is 20.2 Å². The van der Waals surface area contributed by atoms with Crippen LogP contribution in [0.15, 0.2) is 23.3 Å². The van der Waals surface area contributed by atoms with Gasteiger partial charge in [0.15, 0.2) is 16.6 Å². The van der Waals surface area contributed by atoms with Crippen molar-refractivity contribution >= 4 is 23.5 Å². The van der Waals surface area contributed by atoms with E-state index in [1.807, 2.05) is 18.2 Å². The van der Waals surface area contributed by atoms with Crippen molar-refractivity contribution in [2.24, 2.45) is 5.10 Å². The highest BCUT2D eigenvalue weighted by Gasteiger charge is 2.04. The van der Waals surface area contributed by atoms with Crippen LogP contribution in [0, 0.1) is 0 Å². The molecule has 0 saturated carbocycles. The van der Waals surface area contributed by atoms with Gasteiger partial charge >= 0.3 is 0 Å². The highest BCUT2D eigenvalue weighted by Crippen LogP contribution is 2.27. The standard InChI is InChI=1S/C15H23N3O2S/c1-4-5-6-9-20-13-8-7-12(10-14(13)19-3)11-17-18-15(21)16-2/h7-8,10-11H,4-6,9H2,1-3H3,(H2,16,18,21). The molecule has 2 N–H and O–H groups in total. The van der Waals surface area contributed by atoms with Crippen molar-refractivity contribution in [1.29, 1.82) is 0 Å². The van der Waals surface area contributed by atoms with Crippen molar-refractivity contribution < 1.29 is 9.47 Å². The van der Waals surface area contributed by atoms with E-state index in [1.165, 1.54) is 12.8 Å². The number of thiocarbonyl (C=S) groups is 1. The first-order valence-electron chi connectivity index (χ1n) is 7.02. The summed E-state index contributed by atoms with van der Waals surface area (Å²) in [5, 5.41) is 7.27. The average Bonchev–Trinajstić information content (AvgIpc) is 2.52. The van der Waals surface area contributed by atoms with Gasteiger partial charge in [0.1, 0.15) is 0 Å². The third kappa shape index (κ3) is 6.44. The predicted octanol–water partition coefficient (Wildman–Crippen LogP) is 2.69. The van der Waals surface area contributed by atoms with Gasteiger partial charge in [-0.15, -0.1) is 0 Å². The molecule has 0 unspecified atom stereocenters. The van der Waals surface area contributed by atoms with Crippen LogP contribution in [0.5, 0.6) is 11.5 Å². The van der Waals surface area contributed by atoms with E-state index in [0.29, 0.717) is 17.5 Å². The van der Waals surface area contributed by atoms with Gasteiger partial charge in [0, 0.05) is 7.05 Å². The Morgan fingerprint density at radius 3 is 2.81 bits per heavy atom. The van der Waals surface area contributed by atoms with Crippen molar-refractivity contribution in [3.8, 4) is 11.5 Å². The van der Waals surface area contributed by atoms with Crippen molar-refractivity contribution in [1.82, 2.24) is 10.7 Å². The maximum atomic E-state index is 5.73. The molecule has 0 amide bonds. The van der Waals surface area contributed by atoms with E-state index >= 15 is 0 Å². The number of methoxy groups -OCH3 is 1. The number of nitrogens with zero attached hydrogens (tertiary/aromatic N) is 1. The topological polar surface area (TPSA) is 54.9 Å². The molecule has 0 radical (unpaired) electrons. The molecule has 0 aromatic heterocycles. The Balaban J connectivity index is 2.63. The second-order valence-corrected chi connectivity index (χ2v) is 4.82. The first kappa shape index (κ1) is 17.2. The highest BCUT2D eigenvalue weighted by atomic mass is 32.1. The van der Waals surface area contributed by atoms with Crippen LogP contribution in [-0.2, 0) is 0 Å². The average molecular weight is 309 g/mol. The SMILES string of the molecule is CCCCCOc1ccc(C=NNC(=S)NC)cc1OC. The molecule has 0 saturated heterocycles. The fourth-order valence-electron chi connectivity index (χ4n) is 1.64. The van der Waals surface area contributed by atoms with E-state index in [9.17, 15) is 0 Å². The first-order valence-corrected chi connectivity index (χ1v) is 7.43. The summed E-state index contributed by atoms with van der Waals surface area (Å²) in [5.74, 6) is 1.45. The summed E-state index contributed by atoms with van der Waals surface area (Å²) in [7, 11) is 3.36. The molecule has 1 rings (SSSR count). The Hall–Kier alpha value is -1.82. The third-order valence-electron chi connectivity index (χ3n) is 2.80. The minimum Gasteiger partial charge on any atom is -0.493 e. The lowest BCUT2D eigenvalue weighted by atomic mass is 10.2. The van der Waals surface area contributed by atoms with E-state index in [1.54, 1.807) is 20.4 Å². The molecule has 5 nitrogen and oxygen atoms in total. The maximum Gasteiger partial charge on any atom is 0.186 e. The van der Waals surface area contributed by atoms with Crippen LogP contribution in [-0.4, -0.2) is 32.1 Å². The van der Waals surface area contributed by atoms with Gasteiger partial charge in [-0.25, -0.2) is 0 Å². The molecular formula is C15H23N3O2S. The molecule has 0 aliphatic rings. The lowest BCUT2D eigenvalue weighted by molar-refractivity contribution is 0.286. The summed E-state index contributed by atoms with van der Waals surface area (Å²) in [4.78, 5) is 0. The quantitative estimate of drug-likeness (QED) is 0.335. The van der Waals surface area contributed by atoms with Gasteiger partial charge in [-0.3, -0.25) is 5.43 Å². The van der Waals surface area contributed by atoms with Crippen molar-refractivity contribution in [3.63, 3.8) is 0 Å². The van der Waals surface area contributed by atoms with Crippen molar-refractivity contribution in [2.75, 3.05) is 20.8 Å². The van der Waals surface area contributed by atoms with Crippen LogP contribution in [0.25, 0.3) is 0 Å². The number of rotatable bonds is 8. The molecule has 116 valence electrons. The van der Waals surface area contributed by atoms with E-state index in [2.05, 4.69) is 22.8 Å². The molecule has 6 heteroatoms. The summed E-state index contributed by atoms with van der Waals surface area (Å²) in [6, 6.07) is 5.69. The zero-order valence-electron chi connectivity index (χ0n) is 12.8. The van der Waals surface area contributed by atoms with Gasteiger partial charge in [0.05, 0.1) is 19.9 Å². The smallest absolute Gasteiger partial charge is 0.186 e. The second kappa shape index (κ2) is 9.99. The first-order chi connectivity index (χ1) is 10.2. The van der Waals surface area contributed by atoms with Gasteiger partial charge in [-0.1, -0.05) is 19.8 Å². The number of hydrazone groups is 1. The summed E-state index contributed by atoms with van der Waals surface area (Å²) < 4.78 is 11.1. The van der Waals surface area contributed by atoms with Crippen LogP contribution in [0.2, 0.25) is 0 Å². The maximum absolute atomic E-state index is 5.73. The fraction of sp³-hybridized carbons (Fsp3) is 0.467. The van der Waals surface area contributed by atoms with Crippen LogP contribution in [0.3, 0.4) is 0 Å². The fourth-order valence-corrected chi connectivity index (χ4v) is 1.69. The van der Waals surface area contributed by atoms with Gasteiger partial charge in [-0.2, -0.15) is 5.10 Å². The zero-order valence-corrected chi connectivity index (χ0v) is 13.6. The number of ether oxygens (including phenoxy) is 2. The van der Waals surface area contributed by atoms with E-state index in [4.69, 9.17) is 21.7 Å². The largest absolute Gasteiger partial charge is 0.493 e. The predicted molar refractivity (Wildman–Crippen MR) is 90.4 cm³/mol. The zero-order chi connectivity index (χ0) is 15.5. The molecule has 1 aromatic rings. The Morgan fingerprint density at radius 2 is 2.14 bits per heavy atom. The molecule has 0 bridgehead atoms. The monoisotopic (exact) mass is 309 g/mol. The summed E-state index contributed by atoms with van der Waals surface area (Å²) in [6.45, 7) is 2.87. The number of benzene rings is 1. The van der Waals surface area contributed by atoms with Crippen molar-refractivity contribution in [3.05, 3.63) is 23.8 Å². The second-order valence-electron chi connectivity index (χ2n) is 4.41. The summed E-state index contributed by atoms with van der Waals surface area (Å²) in [5.41, 5.74) is 3.60. The molecule has 21 heavy (non-hydrogen) atoms. The van der Waals surface area contributed by atoms with Gasteiger partial charge in [-0.05, 0) is 42.4 Å². The van der Waals surface area contributed by atoms with Crippen molar-refractivity contribution in [2.45, 2.75) is 26.2 Å². The lowest BCUT2D eigenvalue weighted by Crippen LogP contribution is -2.28. The van der Waals surface area contributed by atoms with Gasteiger partial charge in [0.2, 0.25) is 0 Å². The van der Waals surface area contributed by atoms with Crippen LogP contribution in [0.4, 0.5) is 0 Å². The van der Waals surface area contributed by atoms with E-state index in [-0.39, 0.29) is 0 Å². The molecule has 0 aliphatic heterocycles. The van der Waals surface area contributed by atoms with Gasteiger partial charge in [0.25, 0.3) is 0 Å². The molecule has 0 spiro atoms. The Labute approximate surface area is 131 Å². The number of nitrogens with one attached hydrogen (secondary N) is 2. The molecule has 0 fully saturated rings. The molecule has 0 atom stereocenters. The Morgan fingerprint density at radius 1 is 1.33 bits per heavy atom. The number of unbranched alkanes of at least 4 members (excludes halogenated alkanes) is 2. The third-order valence-corrected chi connectivity index (χ3v) is 3.10. The normalized spacial score (nSPS) is 10.4. The van der Waals surface area contributed by atoms with Crippen LogP contribution >= 0.6 is 12.2 Å². The number of hydrogen-bond acceptors (Lipinski definition) is 4. The minimum atomic E-state index is 0.467. The summed E-state index contributed by atoms with van der Waals surface area (Å²) in [6.07, 6.45) is 5.07. The van der Waals surface area contributed by atoms with Gasteiger partial charge < -0.3 is 14.8 Å². The molecule has 0 aliphatic carbocycles. The highest BCUT2D eigenvalue weighted by molar-refractivity contribution is 7.80. The lowest BCUT2D eigenvalue weighted by Gasteiger charge is -2.11. The molecular weight excluding hydrogens is 286 g/mol. The number of hydrogen-bond donors (Lipinski definition) is 2. The molecule has 0 heterocycles. The minimum absolute atomic E-state index is 0.467. The summed E-state index contributed by atoms with van der Waals surface area (Å²) >= 11 is 4.93. The van der Waals surface area contributed by atoms with E-state index < -0.39 is 0 Å². The Bertz CT molecular complexity index is 478. The van der Waals surface area contributed by atoms with Crippen LogP contribution in [0.1, 0.15) is 31.7 Å².